The van der Waals surface area contributed by atoms with Gasteiger partial charge >= 0.3 is 0 Å². The van der Waals surface area contributed by atoms with Gasteiger partial charge in [0.1, 0.15) is 13.3 Å². The van der Waals surface area contributed by atoms with Crippen molar-refractivity contribution in [2.45, 2.75) is 52.2 Å². The number of para-hydroxylation sites is 1. The Bertz CT molecular complexity index is 1130. The Morgan fingerprint density at radius 2 is 1.91 bits per heavy atom. The molecule has 0 saturated heterocycles. The summed E-state index contributed by atoms with van der Waals surface area (Å²) < 4.78 is 19.3. The first-order valence-electron chi connectivity index (χ1n) is 10.5. The van der Waals surface area contributed by atoms with E-state index in [0.717, 1.165) is 0 Å². The van der Waals surface area contributed by atoms with Gasteiger partial charge in [-0.3, -0.25) is 14.7 Å². The Morgan fingerprint density at radius 3 is 2.61 bits per heavy atom. The van der Waals surface area contributed by atoms with Crippen LogP contribution in [0.2, 0.25) is 18.1 Å². The normalized spacial score (nSPS) is 12.3. The lowest BCUT2D eigenvalue weighted by molar-refractivity contribution is -0.385. The summed E-state index contributed by atoms with van der Waals surface area (Å²) in [6.45, 7) is 12.0. The van der Waals surface area contributed by atoms with E-state index in [2.05, 4.69) is 48.8 Å². The van der Waals surface area contributed by atoms with Crippen molar-refractivity contribution in [1.82, 2.24) is 19.5 Å². The third kappa shape index (κ3) is 5.83. The van der Waals surface area contributed by atoms with Crippen LogP contribution < -0.4 is 10.5 Å². The van der Waals surface area contributed by atoms with Crippen molar-refractivity contribution < 1.29 is 18.8 Å². The van der Waals surface area contributed by atoms with Gasteiger partial charge in [-0.2, -0.15) is 9.97 Å². The quantitative estimate of drug-likeness (QED) is 0.200. The van der Waals surface area contributed by atoms with E-state index in [1.807, 2.05) is 0 Å². The Labute approximate surface area is 193 Å². The summed E-state index contributed by atoms with van der Waals surface area (Å²) in [5, 5.41) is 11.4. The minimum Gasteiger partial charge on any atom is -0.471 e. The van der Waals surface area contributed by atoms with Crippen molar-refractivity contribution in [3.8, 4) is 5.88 Å². The molecule has 2 N–H and O–H groups in total. The summed E-state index contributed by atoms with van der Waals surface area (Å²) in [6, 6.07) is 6.35. The van der Waals surface area contributed by atoms with E-state index in [-0.39, 0.29) is 35.9 Å². The number of fused-ring (bicyclic) bond motifs is 1. The van der Waals surface area contributed by atoms with E-state index >= 15 is 0 Å². The molecule has 0 saturated carbocycles. The highest BCUT2D eigenvalue weighted by molar-refractivity contribution is 6.74. The monoisotopic (exact) mass is 474 g/mol. The van der Waals surface area contributed by atoms with Crippen LogP contribution in [0.15, 0.2) is 30.6 Å². The van der Waals surface area contributed by atoms with Gasteiger partial charge in [0.05, 0.1) is 30.0 Å². The number of benzene rings is 1. The second kappa shape index (κ2) is 9.81. The van der Waals surface area contributed by atoms with Gasteiger partial charge < -0.3 is 19.6 Å². The number of imidazole rings is 1. The lowest BCUT2D eigenvalue weighted by atomic mass is 10.2. The lowest BCUT2D eigenvalue weighted by Gasteiger charge is -2.36. The lowest BCUT2D eigenvalue weighted by Crippen LogP contribution is -2.41. The molecule has 0 aliphatic carbocycles. The van der Waals surface area contributed by atoms with E-state index in [4.69, 9.17) is 19.6 Å². The second-order valence-corrected chi connectivity index (χ2v) is 13.9. The molecule has 11 nitrogen and oxygen atoms in total. The van der Waals surface area contributed by atoms with Gasteiger partial charge in [-0.25, -0.2) is 4.98 Å². The van der Waals surface area contributed by atoms with Crippen LogP contribution in [-0.2, 0) is 22.5 Å². The van der Waals surface area contributed by atoms with E-state index in [9.17, 15) is 10.1 Å². The SMILES string of the molecule is CC(C)(C)[Si](C)(C)OCCOCn1cnc2c(OCc3ccccc3[N+](=O)[O-])nc(N)nc21. The number of hydrogen-bond acceptors (Lipinski definition) is 9. The number of nitro groups is 1. The van der Waals surface area contributed by atoms with Crippen molar-refractivity contribution in [2.24, 2.45) is 0 Å². The highest BCUT2D eigenvalue weighted by Gasteiger charge is 2.36. The molecule has 0 radical (unpaired) electrons. The van der Waals surface area contributed by atoms with Gasteiger partial charge in [0.25, 0.3) is 5.69 Å². The standard InChI is InChI=1S/C21H30N6O5Si/c1-21(2,3)33(4,5)32-11-10-30-14-26-13-23-17-18(26)24-20(22)25-19(17)31-12-15-8-6-7-9-16(15)27(28)29/h6-9,13H,10-12,14H2,1-5H3,(H2,22,24,25). The van der Waals surface area contributed by atoms with Crippen molar-refractivity contribution in [2.75, 3.05) is 18.9 Å². The molecular formula is C21H30N6O5Si. The fraction of sp³-hybridized carbons (Fsp3) is 0.476. The molecule has 0 atom stereocenters. The second-order valence-electron chi connectivity index (χ2n) is 9.09. The first-order valence-corrected chi connectivity index (χ1v) is 13.5. The molecule has 33 heavy (non-hydrogen) atoms. The third-order valence-electron chi connectivity index (χ3n) is 5.73. The Balaban J connectivity index is 1.65. The maximum Gasteiger partial charge on any atom is 0.276 e. The van der Waals surface area contributed by atoms with Crippen LogP contribution >= 0.6 is 0 Å². The first-order chi connectivity index (χ1) is 15.5. The molecule has 0 unspecified atom stereocenters. The molecule has 0 aliphatic rings. The molecule has 0 fully saturated rings. The minimum absolute atomic E-state index is 0.00284. The van der Waals surface area contributed by atoms with E-state index in [1.165, 1.54) is 6.07 Å². The summed E-state index contributed by atoms with van der Waals surface area (Å²) in [4.78, 5) is 23.4. The smallest absolute Gasteiger partial charge is 0.276 e. The molecular weight excluding hydrogens is 444 g/mol. The molecule has 2 heterocycles. The molecule has 3 aromatic rings. The molecule has 1 aromatic carbocycles. The van der Waals surface area contributed by atoms with Crippen molar-refractivity contribution >= 4 is 31.1 Å². The number of nitrogens with zero attached hydrogens (tertiary/aromatic N) is 5. The number of nitro benzene ring substituents is 1. The molecule has 0 amide bonds. The van der Waals surface area contributed by atoms with Crippen molar-refractivity contribution in [3.63, 3.8) is 0 Å². The van der Waals surface area contributed by atoms with Crippen LogP contribution in [0.3, 0.4) is 0 Å². The highest BCUT2D eigenvalue weighted by atomic mass is 28.4. The Morgan fingerprint density at radius 1 is 1.18 bits per heavy atom. The Kier molecular flexibility index (Phi) is 7.30. The fourth-order valence-corrected chi connectivity index (χ4v) is 3.85. The zero-order valence-electron chi connectivity index (χ0n) is 19.6. The average molecular weight is 475 g/mol. The molecule has 178 valence electrons. The minimum atomic E-state index is -1.82. The van der Waals surface area contributed by atoms with Crippen LogP contribution in [-0.4, -0.2) is 46.0 Å². The van der Waals surface area contributed by atoms with Gasteiger partial charge in [0.2, 0.25) is 11.8 Å². The third-order valence-corrected chi connectivity index (χ3v) is 10.3. The maximum absolute atomic E-state index is 11.2. The molecule has 12 heteroatoms. The van der Waals surface area contributed by atoms with Crippen molar-refractivity contribution in [3.05, 3.63) is 46.3 Å². The average Bonchev–Trinajstić information content (AvgIpc) is 3.13. The van der Waals surface area contributed by atoms with E-state index < -0.39 is 13.2 Å². The highest BCUT2D eigenvalue weighted by Crippen LogP contribution is 2.36. The summed E-state index contributed by atoms with van der Waals surface area (Å²) in [5.41, 5.74) is 7.08. The van der Waals surface area contributed by atoms with Crippen LogP contribution in [0.25, 0.3) is 11.2 Å². The van der Waals surface area contributed by atoms with Crippen LogP contribution in [0.5, 0.6) is 5.88 Å². The number of aromatic nitrogens is 4. The van der Waals surface area contributed by atoms with Gasteiger partial charge in [-0.1, -0.05) is 32.9 Å². The van der Waals surface area contributed by atoms with E-state index in [0.29, 0.717) is 29.9 Å². The van der Waals surface area contributed by atoms with Gasteiger partial charge in [0.15, 0.2) is 19.5 Å². The van der Waals surface area contributed by atoms with E-state index in [1.54, 1.807) is 29.1 Å². The zero-order chi connectivity index (χ0) is 24.2. The number of hydrogen-bond donors (Lipinski definition) is 1. The number of nitrogen functional groups attached to an aromatic ring is 1. The van der Waals surface area contributed by atoms with Crippen LogP contribution in [0, 0.1) is 10.1 Å². The van der Waals surface area contributed by atoms with Crippen molar-refractivity contribution in [1.29, 1.82) is 0 Å². The fourth-order valence-electron chi connectivity index (χ4n) is 2.82. The van der Waals surface area contributed by atoms with Crippen LogP contribution in [0.1, 0.15) is 26.3 Å². The number of nitrogens with two attached hydrogens (primary N) is 1. The van der Waals surface area contributed by atoms with Gasteiger partial charge in [0, 0.05) is 6.07 Å². The molecule has 0 spiro atoms. The molecule has 0 bridgehead atoms. The number of anilines is 1. The number of rotatable bonds is 10. The van der Waals surface area contributed by atoms with Crippen LogP contribution in [0.4, 0.5) is 11.6 Å². The van der Waals surface area contributed by atoms with Gasteiger partial charge in [-0.15, -0.1) is 0 Å². The largest absolute Gasteiger partial charge is 0.471 e. The predicted molar refractivity (Wildman–Crippen MR) is 126 cm³/mol. The molecule has 0 aliphatic heterocycles. The first kappa shape index (κ1) is 24.5. The summed E-state index contributed by atoms with van der Waals surface area (Å²) in [6.07, 6.45) is 1.56. The molecule has 3 rings (SSSR count). The zero-order valence-corrected chi connectivity index (χ0v) is 20.6. The maximum atomic E-state index is 11.2. The Hall–Kier alpha value is -3.09. The summed E-state index contributed by atoms with van der Waals surface area (Å²) in [5.74, 6) is 0.152. The summed E-state index contributed by atoms with van der Waals surface area (Å²) >= 11 is 0. The van der Waals surface area contributed by atoms with Gasteiger partial charge in [-0.05, 0) is 24.2 Å². The summed E-state index contributed by atoms with van der Waals surface area (Å²) in [7, 11) is -1.82. The molecule has 2 aromatic heterocycles. The topological polar surface area (TPSA) is 140 Å². The predicted octanol–water partition coefficient (Wildman–Crippen LogP) is 3.89. The number of ether oxygens (including phenoxy) is 2.